The van der Waals surface area contributed by atoms with Crippen LogP contribution in [0.25, 0.3) is 0 Å². The van der Waals surface area contributed by atoms with E-state index in [0.717, 1.165) is 29.3 Å². The Hall–Kier alpha value is -1.35. The van der Waals surface area contributed by atoms with E-state index in [1.807, 2.05) is 47.6 Å². The van der Waals surface area contributed by atoms with E-state index in [-0.39, 0.29) is 6.04 Å². The molecule has 2 aliphatic rings. The van der Waals surface area contributed by atoms with Gasteiger partial charge in [-0.2, -0.15) is 21.2 Å². The molecule has 6 nitrogen and oxygen atoms in total. The first-order valence-corrected chi connectivity index (χ1v) is 11.1. The molecule has 0 saturated carbocycles. The third-order valence-corrected chi connectivity index (χ3v) is 7.81. The first-order chi connectivity index (χ1) is 12.1. The van der Waals surface area contributed by atoms with E-state index in [4.69, 9.17) is 0 Å². The SMILES string of the molecule is Cc1ccc(C2CSCCN2S(=O)(=O)c2cnn3c2CNCC3)cc1. The zero-order valence-corrected chi connectivity index (χ0v) is 15.8. The number of benzene rings is 1. The van der Waals surface area contributed by atoms with Crippen LogP contribution in [-0.2, 0) is 23.1 Å². The third-order valence-electron chi connectivity index (χ3n) is 4.83. The third kappa shape index (κ3) is 3.12. The van der Waals surface area contributed by atoms with Crippen LogP contribution in [0.2, 0.25) is 0 Å². The van der Waals surface area contributed by atoms with Gasteiger partial charge in [-0.1, -0.05) is 29.8 Å². The highest BCUT2D eigenvalue weighted by Gasteiger charge is 2.37. The van der Waals surface area contributed by atoms with E-state index in [2.05, 4.69) is 10.4 Å². The van der Waals surface area contributed by atoms with E-state index in [9.17, 15) is 8.42 Å². The molecule has 3 heterocycles. The van der Waals surface area contributed by atoms with Gasteiger partial charge in [0.05, 0.1) is 24.5 Å². The second-order valence-electron chi connectivity index (χ2n) is 6.47. The molecule has 1 saturated heterocycles. The van der Waals surface area contributed by atoms with Crippen LogP contribution in [0.4, 0.5) is 0 Å². The topological polar surface area (TPSA) is 67.2 Å². The number of aryl methyl sites for hydroxylation is 1. The molecule has 0 radical (unpaired) electrons. The number of aromatic nitrogens is 2. The van der Waals surface area contributed by atoms with Crippen molar-refractivity contribution in [1.82, 2.24) is 19.4 Å². The molecule has 1 unspecified atom stereocenters. The predicted molar refractivity (Wildman–Crippen MR) is 99.1 cm³/mol. The first kappa shape index (κ1) is 17.1. The number of hydrogen-bond donors (Lipinski definition) is 1. The van der Waals surface area contributed by atoms with E-state index < -0.39 is 10.0 Å². The number of nitrogens with one attached hydrogen (secondary N) is 1. The first-order valence-electron chi connectivity index (χ1n) is 8.49. The molecule has 1 aromatic heterocycles. The maximum Gasteiger partial charge on any atom is 0.247 e. The van der Waals surface area contributed by atoms with E-state index in [1.165, 1.54) is 11.8 Å². The number of rotatable bonds is 3. The second kappa shape index (κ2) is 6.75. The lowest BCUT2D eigenvalue weighted by Crippen LogP contribution is -2.41. The van der Waals surface area contributed by atoms with Crippen LogP contribution in [0.3, 0.4) is 0 Å². The van der Waals surface area contributed by atoms with Gasteiger partial charge in [0, 0.05) is 31.1 Å². The van der Waals surface area contributed by atoms with Crippen LogP contribution < -0.4 is 5.32 Å². The molecule has 1 fully saturated rings. The number of fused-ring (bicyclic) bond motifs is 1. The van der Waals surface area contributed by atoms with Gasteiger partial charge in [0.2, 0.25) is 10.0 Å². The van der Waals surface area contributed by atoms with Gasteiger partial charge in [-0.15, -0.1) is 0 Å². The normalized spacial score (nSPS) is 21.9. The minimum atomic E-state index is -3.57. The Morgan fingerprint density at radius 2 is 2.04 bits per heavy atom. The van der Waals surface area contributed by atoms with Crippen molar-refractivity contribution in [2.75, 3.05) is 24.6 Å². The molecule has 2 aromatic rings. The molecule has 2 aliphatic heterocycles. The van der Waals surface area contributed by atoms with Gasteiger partial charge in [-0.25, -0.2) is 8.42 Å². The average molecular weight is 379 g/mol. The maximum atomic E-state index is 13.4. The summed E-state index contributed by atoms with van der Waals surface area (Å²) in [5.41, 5.74) is 3.01. The minimum absolute atomic E-state index is 0.128. The summed E-state index contributed by atoms with van der Waals surface area (Å²) in [7, 11) is -3.57. The number of hydrogen-bond acceptors (Lipinski definition) is 5. The second-order valence-corrected chi connectivity index (χ2v) is 9.48. The largest absolute Gasteiger partial charge is 0.309 e. The summed E-state index contributed by atoms with van der Waals surface area (Å²) in [5, 5.41) is 7.54. The molecule has 1 atom stereocenters. The molecule has 1 aromatic carbocycles. The van der Waals surface area contributed by atoms with Crippen LogP contribution in [0, 0.1) is 6.92 Å². The predicted octanol–water partition coefficient (Wildman–Crippen LogP) is 1.77. The van der Waals surface area contributed by atoms with Gasteiger partial charge >= 0.3 is 0 Å². The smallest absolute Gasteiger partial charge is 0.247 e. The summed E-state index contributed by atoms with van der Waals surface area (Å²) < 4.78 is 30.3. The van der Waals surface area contributed by atoms with Gasteiger partial charge < -0.3 is 5.32 Å². The molecular weight excluding hydrogens is 356 g/mol. The highest BCUT2D eigenvalue weighted by atomic mass is 32.2. The van der Waals surface area contributed by atoms with E-state index in [0.29, 0.717) is 24.5 Å². The summed E-state index contributed by atoms with van der Waals surface area (Å²) >= 11 is 1.81. The Kier molecular flexibility index (Phi) is 4.61. The van der Waals surface area contributed by atoms with Crippen molar-refractivity contribution in [3.8, 4) is 0 Å². The van der Waals surface area contributed by atoms with Crippen LogP contribution in [-0.4, -0.2) is 47.1 Å². The average Bonchev–Trinajstić information content (AvgIpc) is 3.07. The molecule has 0 amide bonds. The van der Waals surface area contributed by atoms with Gasteiger partial charge in [0.1, 0.15) is 4.90 Å². The Balaban J connectivity index is 1.72. The van der Waals surface area contributed by atoms with Crippen molar-refractivity contribution >= 4 is 21.8 Å². The molecular formula is C17H22N4O2S2. The van der Waals surface area contributed by atoms with E-state index in [1.54, 1.807) is 4.31 Å². The highest BCUT2D eigenvalue weighted by molar-refractivity contribution is 7.99. The lowest BCUT2D eigenvalue weighted by atomic mass is 10.1. The fourth-order valence-corrected chi connectivity index (χ4v) is 6.49. The summed E-state index contributed by atoms with van der Waals surface area (Å²) in [4.78, 5) is 0.351. The number of thioether (sulfide) groups is 1. The Morgan fingerprint density at radius 3 is 2.84 bits per heavy atom. The van der Waals surface area contributed by atoms with Crippen molar-refractivity contribution in [3.63, 3.8) is 0 Å². The number of nitrogens with zero attached hydrogens (tertiary/aromatic N) is 3. The monoisotopic (exact) mass is 378 g/mol. The molecule has 8 heteroatoms. The Bertz CT molecular complexity index is 861. The van der Waals surface area contributed by atoms with Crippen molar-refractivity contribution in [2.45, 2.75) is 31.0 Å². The molecule has 1 N–H and O–H groups in total. The Labute approximate surface area is 152 Å². The zero-order chi connectivity index (χ0) is 17.4. The molecule has 0 bridgehead atoms. The summed E-state index contributed by atoms with van der Waals surface area (Å²) in [6.45, 7) is 4.65. The van der Waals surface area contributed by atoms with Crippen LogP contribution in [0.15, 0.2) is 35.4 Å². The molecule has 25 heavy (non-hydrogen) atoms. The molecule has 0 spiro atoms. The summed E-state index contributed by atoms with van der Waals surface area (Å²) in [6.07, 6.45) is 1.52. The zero-order valence-electron chi connectivity index (χ0n) is 14.2. The fraction of sp³-hybridized carbons (Fsp3) is 0.471. The number of sulfonamides is 1. The van der Waals surface area contributed by atoms with Crippen LogP contribution >= 0.6 is 11.8 Å². The fourth-order valence-electron chi connectivity index (χ4n) is 3.43. The van der Waals surface area contributed by atoms with Crippen LogP contribution in [0.1, 0.15) is 22.9 Å². The van der Waals surface area contributed by atoms with Gasteiger partial charge in [0.25, 0.3) is 0 Å². The quantitative estimate of drug-likeness (QED) is 0.882. The minimum Gasteiger partial charge on any atom is -0.309 e. The van der Waals surface area contributed by atoms with Crippen molar-refractivity contribution < 1.29 is 8.42 Å². The lowest BCUT2D eigenvalue weighted by Gasteiger charge is -2.34. The lowest BCUT2D eigenvalue weighted by molar-refractivity contribution is 0.354. The standard InChI is InChI=1S/C17H22N4O2S2/c1-13-2-4-14(5-3-13)16-12-24-9-8-21(16)25(22,23)17-11-19-20-7-6-18-10-15(17)20/h2-5,11,16,18H,6-10,12H2,1H3. The highest BCUT2D eigenvalue weighted by Crippen LogP contribution is 2.35. The molecule has 0 aliphatic carbocycles. The van der Waals surface area contributed by atoms with Crippen molar-refractivity contribution in [1.29, 1.82) is 0 Å². The van der Waals surface area contributed by atoms with Crippen LogP contribution in [0.5, 0.6) is 0 Å². The maximum absolute atomic E-state index is 13.4. The molecule has 4 rings (SSSR count). The van der Waals surface area contributed by atoms with Gasteiger partial charge in [0.15, 0.2) is 0 Å². The van der Waals surface area contributed by atoms with Crippen molar-refractivity contribution in [3.05, 3.63) is 47.3 Å². The summed E-state index contributed by atoms with van der Waals surface area (Å²) in [6, 6.07) is 8.06. The summed E-state index contributed by atoms with van der Waals surface area (Å²) in [5.74, 6) is 1.60. The van der Waals surface area contributed by atoms with Gasteiger partial charge in [-0.05, 0) is 12.5 Å². The van der Waals surface area contributed by atoms with Crippen molar-refractivity contribution in [2.24, 2.45) is 0 Å². The molecule has 134 valence electrons. The Morgan fingerprint density at radius 1 is 1.24 bits per heavy atom. The van der Waals surface area contributed by atoms with E-state index >= 15 is 0 Å². The van der Waals surface area contributed by atoms with Gasteiger partial charge in [-0.3, -0.25) is 4.68 Å².